The molecule has 0 aromatic carbocycles. The fourth-order valence-corrected chi connectivity index (χ4v) is 9.31. The number of hydrogen-bond donors (Lipinski definition) is 18. The first-order chi connectivity index (χ1) is 35.0. The molecule has 5 heterocycles. The maximum atomic E-state index is 13.1. The van der Waals surface area contributed by atoms with Gasteiger partial charge in [0.1, 0.15) is 104 Å². The summed E-state index contributed by atoms with van der Waals surface area (Å²) >= 11 is 0. The summed E-state index contributed by atoms with van der Waals surface area (Å²) in [5.74, 6) is -7.34. The Labute approximate surface area is 422 Å². The minimum atomic E-state index is -3.15. The van der Waals surface area contributed by atoms with Crippen LogP contribution in [0.5, 0.6) is 0 Å². The van der Waals surface area contributed by atoms with Gasteiger partial charge in [0.2, 0.25) is 0 Å². The lowest BCUT2D eigenvalue weighted by Crippen LogP contribution is -2.73. The van der Waals surface area contributed by atoms with Gasteiger partial charge in [-0.25, -0.2) is 9.59 Å². The van der Waals surface area contributed by atoms with Crippen LogP contribution in [0.4, 0.5) is 0 Å². The Kier molecular flexibility index (Phi) is 23.4. The van der Waals surface area contributed by atoms with Gasteiger partial charge in [0.05, 0.1) is 51.2 Å². The molecule has 0 radical (unpaired) electrons. The molecule has 5 aliphatic rings. The quantitative estimate of drug-likeness (QED) is 0.0298. The van der Waals surface area contributed by atoms with Crippen molar-refractivity contribution in [1.82, 2.24) is 5.32 Å². The number of hydrogen-bond acceptors (Lipinski definition) is 29. The highest BCUT2D eigenvalue weighted by atomic mass is 16.8. The summed E-state index contributed by atoms with van der Waals surface area (Å²) in [6, 6.07) is -3.41. The number of esters is 1. The number of ether oxygens (including phenoxy) is 10. The van der Waals surface area contributed by atoms with E-state index < -0.39 is 197 Å². The lowest BCUT2D eigenvalue weighted by atomic mass is 9.88. The predicted octanol–water partition coefficient (Wildman–Crippen LogP) is -9.13. The second-order valence-electron chi connectivity index (χ2n) is 18.9. The van der Waals surface area contributed by atoms with E-state index in [9.17, 15) is 96.1 Å². The van der Waals surface area contributed by atoms with Gasteiger partial charge >= 0.3 is 17.9 Å². The molecule has 5 fully saturated rings. The van der Waals surface area contributed by atoms with Crippen molar-refractivity contribution in [2.24, 2.45) is 5.73 Å². The first kappa shape index (κ1) is 62.3. The maximum absolute atomic E-state index is 13.1. The van der Waals surface area contributed by atoms with Gasteiger partial charge in [-0.15, -0.1) is 0 Å². The number of nitrogens with one attached hydrogen (secondary N) is 1. The molecule has 0 unspecified atom stereocenters. The van der Waals surface area contributed by atoms with Gasteiger partial charge in [-0.2, -0.15) is 0 Å². The van der Waals surface area contributed by atoms with Gasteiger partial charge in [-0.3, -0.25) is 10.1 Å². The lowest BCUT2D eigenvalue weighted by Gasteiger charge is -2.52. The average molecular weight is 1080 g/mol. The molecule has 0 bridgehead atoms. The maximum Gasteiger partial charge on any atom is 0.364 e. The standard InChI is InChI=1S/C43H74N2O29/c1-15-23(52)26(55)30(59)40(67-15)71-32-19(14-48)69-39(66-10-8-6-4-3-5-7-9-20(51)65-2)22(45-37-29(58)27(56)28(57)36(70-37)38(61)62)34(32)72-41-31(60)35(25(54)18(13-47)68-41)74-43(42(63)64)11-16(49)21(44)33(73-43)24(53)17(50)12-46/h15-19,21-37,39-41,45-50,52-60H,3-14,44H2,1-2H3,(H,61,62)(H,63,64)/t15-,16-,17+,18+,19+,21+,22+,23+,24+,25-,26+,27+,28-,29-,30-,31+,32+,33+,34+,35-,36+,37-,39+,40-,41-,43-/m0/s1. The van der Waals surface area contributed by atoms with Crippen molar-refractivity contribution >= 4 is 17.9 Å². The summed E-state index contributed by atoms with van der Waals surface area (Å²) < 4.78 is 57.9. The van der Waals surface area contributed by atoms with E-state index in [0.717, 1.165) is 6.42 Å². The van der Waals surface area contributed by atoms with Crippen LogP contribution in [0, 0.1) is 0 Å². The molecule has 0 saturated carbocycles. The Morgan fingerprint density at radius 2 is 1.28 bits per heavy atom. The number of nitrogens with two attached hydrogens (primary N) is 1. The molecule has 0 aliphatic carbocycles. The van der Waals surface area contributed by atoms with Crippen LogP contribution in [-0.4, -0.2) is 292 Å². The average Bonchev–Trinajstić information content (AvgIpc) is 3.37. The fraction of sp³-hybridized carbons (Fsp3) is 0.930. The first-order valence-electron chi connectivity index (χ1n) is 24.2. The van der Waals surface area contributed by atoms with E-state index in [1.165, 1.54) is 14.0 Å². The Morgan fingerprint density at radius 1 is 0.689 bits per heavy atom. The van der Waals surface area contributed by atoms with Crippen LogP contribution >= 0.6 is 0 Å². The highest BCUT2D eigenvalue weighted by molar-refractivity contribution is 5.76. The molecule has 74 heavy (non-hydrogen) atoms. The summed E-state index contributed by atoms with van der Waals surface area (Å²) in [6.07, 6.45) is -43.2. The van der Waals surface area contributed by atoms with Gasteiger partial charge in [0.25, 0.3) is 5.79 Å². The smallest absolute Gasteiger partial charge is 0.364 e. The van der Waals surface area contributed by atoms with Crippen LogP contribution in [-0.2, 0) is 61.8 Å². The van der Waals surface area contributed by atoms with Crippen molar-refractivity contribution in [2.45, 2.75) is 217 Å². The zero-order chi connectivity index (χ0) is 54.9. The third kappa shape index (κ3) is 14.4. The monoisotopic (exact) mass is 1080 g/mol. The van der Waals surface area contributed by atoms with Crippen LogP contribution in [0.15, 0.2) is 0 Å². The highest BCUT2D eigenvalue weighted by Crippen LogP contribution is 2.39. The van der Waals surface area contributed by atoms with Gasteiger partial charge < -0.3 is 135 Å². The number of carbonyl (C=O) groups excluding carboxylic acids is 1. The Bertz CT molecular complexity index is 1760. The third-order valence-corrected chi connectivity index (χ3v) is 13.7. The predicted molar refractivity (Wildman–Crippen MR) is 235 cm³/mol. The van der Waals surface area contributed by atoms with E-state index in [2.05, 4.69) is 10.1 Å². The normalized spacial score (nSPS) is 43.8. The number of carboxylic acids is 2. The molecule has 0 spiro atoms. The Balaban J connectivity index is 1.55. The van der Waals surface area contributed by atoms with Crippen LogP contribution in [0.1, 0.15) is 58.3 Å². The fourth-order valence-electron chi connectivity index (χ4n) is 9.31. The van der Waals surface area contributed by atoms with E-state index in [1.807, 2.05) is 0 Å². The Hall–Kier alpha value is -2.59. The summed E-state index contributed by atoms with van der Waals surface area (Å²) in [4.78, 5) is 36.8. The topological polar surface area (TPSA) is 505 Å². The second kappa shape index (κ2) is 27.8. The van der Waals surface area contributed by atoms with Crippen LogP contribution < -0.4 is 11.1 Å². The minimum Gasteiger partial charge on any atom is -0.479 e. The van der Waals surface area contributed by atoms with E-state index in [4.69, 9.17) is 48.4 Å². The number of unbranched alkanes of at least 4 members (excludes halogenated alkanes) is 5. The molecule has 31 nitrogen and oxygen atoms in total. The zero-order valence-electron chi connectivity index (χ0n) is 40.5. The number of aliphatic carboxylic acids is 2. The van der Waals surface area contributed by atoms with Crippen LogP contribution in [0.25, 0.3) is 0 Å². The summed E-state index contributed by atoms with van der Waals surface area (Å²) in [5, 5.41) is 174. The second-order valence-corrected chi connectivity index (χ2v) is 18.9. The molecule has 19 N–H and O–H groups in total. The van der Waals surface area contributed by atoms with Crippen molar-refractivity contribution in [3.8, 4) is 0 Å². The molecule has 5 rings (SSSR count). The number of methoxy groups -OCH3 is 1. The van der Waals surface area contributed by atoms with Crippen molar-refractivity contribution in [3.05, 3.63) is 0 Å². The van der Waals surface area contributed by atoms with E-state index in [0.29, 0.717) is 32.1 Å². The van der Waals surface area contributed by atoms with E-state index >= 15 is 0 Å². The number of aliphatic hydroxyl groups is 14. The van der Waals surface area contributed by atoms with Crippen molar-refractivity contribution in [3.63, 3.8) is 0 Å². The molecule has 31 heteroatoms. The van der Waals surface area contributed by atoms with Crippen LogP contribution in [0.3, 0.4) is 0 Å². The summed E-state index contributed by atoms with van der Waals surface area (Å²) in [6.45, 7) is -2.05. The summed E-state index contributed by atoms with van der Waals surface area (Å²) in [5.41, 5.74) is 6.00. The summed E-state index contributed by atoms with van der Waals surface area (Å²) in [7, 11) is 1.28. The minimum absolute atomic E-state index is 0.143. The van der Waals surface area contributed by atoms with Gasteiger partial charge in [0.15, 0.2) is 25.0 Å². The lowest BCUT2D eigenvalue weighted by molar-refractivity contribution is -0.391. The molecule has 0 amide bonds. The van der Waals surface area contributed by atoms with Crippen LogP contribution in [0.2, 0.25) is 0 Å². The molecule has 0 aromatic rings. The molecule has 430 valence electrons. The molecular formula is C43H74N2O29. The van der Waals surface area contributed by atoms with Crippen molar-refractivity contribution in [2.75, 3.05) is 33.5 Å². The van der Waals surface area contributed by atoms with E-state index in [-0.39, 0.29) is 19.0 Å². The highest BCUT2D eigenvalue weighted by Gasteiger charge is 2.61. The molecule has 5 aliphatic heterocycles. The molecule has 0 aromatic heterocycles. The molecule has 26 atom stereocenters. The van der Waals surface area contributed by atoms with Gasteiger partial charge in [-0.05, 0) is 19.8 Å². The number of aliphatic hydroxyl groups excluding tert-OH is 14. The van der Waals surface area contributed by atoms with E-state index in [1.54, 1.807) is 0 Å². The molecular weight excluding hydrogens is 1010 g/mol. The van der Waals surface area contributed by atoms with Crippen molar-refractivity contribution < 1.29 is 143 Å². The van der Waals surface area contributed by atoms with Gasteiger partial charge in [-0.1, -0.05) is 25.7 Å². The number of rotatable bonds is 25. The number of carbonyl (C=O) groups is 3. The van der Waals surface area contributed by atoms with Gasteiger partial charge in [0, 0.05) is 19.4 Å². The zero-order valence-corrected chi connectivity index (χ0v) is 40.5. The SMILES string of the molecule is COC(=O)CCCCCCCCO[C@@H]1O[C@H](CO)[C@@H](O[C@@H]2O[C@@H](C)[C@@H](O)[C@@H](O)[C@@H]2O)[C@H](O[C@@H]2O[C@H](CO)[C@H](O)[C@H](O[C@]3(C(=O)O)C[C@H](O)[C@@H](N)[C@H]([C@H](O)[C@H](O)CO)O3)[C@H]2O)[C@H]1N[C@H]1O[C@@H](C(=O)O)[C@@H](O)[C@@H](O)[C@@H]1O. The first-order valence-corrected chi connectivity index (χ1v) is 24.2. The largest absolute Gasteiger partial charge is 0.479 e. The van der Waals surface area contributed by atoms with Crippen molar-refractivity contribution in [1.29, 1.82) is 0 Å². The molecule has 5 saturated heterocycles. The Morgan fingerprint density at radius 3 is 1.89 bits per heavy atom. The number of carboxylic acid groups (broad SMARTS) is 2. The third-order valence-electron chi connectivity index (χ3n) is 13.7.